The molecule has 0 aliphatic carbocycles. The minimum absolute atomic E-state index is 0.0792. The van der Waals surface area contributed by atoms with E-state index in [0.29, 0.717) is 12.3 Å². The fourth-order valence-corrected chi connectivity index (χ4v) is 1.96. The molecule has 0 bridgehead atoms. The molecule has 0 radical (unpaired) electrons. The molecule has 7 heteroatoms. The fraction of sp³-hybridized carbons (Fsp3) is 0.385. The smallest absolute Gasteiger partial charge is 0.317 e. The molecule has 1 aromatic carbocycles. The molecule has 6 nitrogen and oxygen atoms in total. The standard InChI is InChI=1S/C13H17BrN2O4/c1-16(6-5-12(17)18)13(19)15-8-9-7-10(14)3-4-11(9)20-2/h3-4,7H,5-6,8H2,1-2H3,(H,15,19)(H,17,18). The van der Waals surface area contributed by atoms with Gasteiger partial charge in [0.15, 0.2) is 0 Å². The van der Waals surface area contributed by atoms with Gasteiger partial charge in [-0.3, -0.25) is 4.79 Å². The van der Waals surface area contributed by atoms with Crippen LogP contribution in [0, 0.1) is 0 Å². The number of hydrogen-bond donors (Lipinski definition) is 2. The van der Waals surface area contributed by atoms with Crippen molar-refractivity contribution in [3.05, 3.63) is 28.2 Å². The van der Waals surface area contributed by atoms with Gasteiger partial charge in [-0.15, -0.1) is 0 Å². The number of benzene rings is 1. The number of nitrogens with one attached hydrogen (secondary N) is 1. The highest BCUT2D eigenvalue weighted by Gasteiger charge is 2.11. The number of amides is 2. The first kappa shape index (κ1) is 16.3. The van der Waals surface area contributed by atoms with Crippen LogP contribution >= 0.6 is 15.9 Å². The zero-order chi connectivity index (χ0) is 15.1. The third-order valence-corrected chi connectivity index (χ3v) is 3.17. The lowest BCUT2D eigenvalue weighted by atomic mass is 10.2. The normalized spacial score (nSPS) is 9.95. The third kappa shape index (κ3) is 5.08. The molecule has 0 fully saturated rings. The van der Waals surface area contributed by atoms with Gasteiger partial charge in [-0.25, -0.2) is 4.79 Å². The quantitative estimate of drug-likeness (QED) is 0.827. The average molecular weight is 345 g/mol. The van der Waals surface area contributed by atoms with Crippen molar-refractivity contribution in [2.45, 2.75) is 13.0 Å². The zero-order valence-electron chi connectivity index (χ0n) is 11.4. The fourth-order valence-electron chi connectivity index (χ4n) is 1.56. The van der Waals surface area contributed by atoms with E-state index in [9.17, 15) is 9.59 Å². The maximum absolute atomic E-state index is 11.8. The Kier molecular flexibility index (Phi) is 6.30. The molecule has 0 saturated heterocycles. The van der Waals surface area contributed by atoms with Crippen molar-refractivity contribution in [2.24, 2.45) is 0 Å². The van der Waals surface area contributed by atoms with Crippen molar-refractivity contribution < 1.29 is 19.4 Å². The summed E-state index contributed by atoms with van der Waals surface area (Å²) in [5.74, 6) is -0.250. The zero-order valence-corrected chi connectivity index (χ0v) is 12.9. The summed E-state index contributed by atoms with van der Waals surface area (Å²) in [6, 6.07) is 5.19. The highest BCUT2D eigenvalue weighted by Crippen LogP contribution is 2.22. The van der Waals surface area contributed by atoms with Crippen LogP contribution < -0.4 is 10.1 Å². The molecule has 0 aliphatic heterocycles. The summed E-state index contributed by atoms with van der Waals surface area (Å²) in [5, 5.41) is 11.3. The number of urea groups is 1. The van der Waals surface area contributed by atoms with Gasteiger partial charge in [0.2, 0.25) is 0 Å². The number of methoxy groups -OCH3 is 1. The molecular formula is C13H17BrN2O4. The molecule has 2 amide bonds. The SMILES string of the molecule is COc1ccc(Br)cc1CNC(=O)N(C)CCC(=O)O. The lowest BCUT2D eigenvalue weighted by Gasteiger charge is -2.17. The van der Waals surface area contributed by atoms with Gasteiger partial charge in [0.1, 0.15) is 5.75 Å². The largest absolute Gasteiger partial charge is 0.496 e. The van der Waals surface area contributed by atoms with E-state index in [0.717, 1.165) is 10.0 Å². The summed E-state index contributed by atoms with van der Waals surface area (Å²) in [7, 11) is 3.12. The molecule has 0 saturated carbocycles. The van der Waals surface area contributed by atoms with Crippen molar-refractivity contribution in [1.82, 2.24) is 10.2 Å². The number of halogens is 1. The first-order valence-corrected chi connectivity index (χ1v) is 6.76. The van der Waals surface area contributed by atoms with Crippen LogP contribution in [0.4, 0.5) is 4.79 Å². The highest BCUT2D eigenvalue weighted by molar-refractivity contribution is 9.10. The predicted octanol–water partition coefficient (Wildman–Crippen LogP) is 2.07. The summed E-state index contributed by atoms with van der Waals surface area (Å²) in [5.41, 5.74) is 0.835. The van der Waals surface area contributed by atoms with Crippen molar-refractivity contribution in [2.75, 3.05) is 20.7 Å². The van der Waals surface area contributed by atoms with Crippen molar-refractivity contribution in [3.8, 4) is 5.75 Å². The monoisotopic (exact) mass is 344 g/mol. The van der Waals surface area contributed by atoms with Gasteiger partial charge in [0.05, 0.1) is 13.5 Å². The number of ether oxygens (including phenoxy) is 1. The van der Waals surface area contributed by atoms with Crippen molar-refractivity contribution >= 4 is 27.9 Å². The van der Waals surface area contributed by atoms with Gasteiger partial charge in [-0.2, -0.15) is 0 Å². The maximum atomic E-state index is 11.8. The third-order valence-electron chi connectivity index (χ3n) is 2.68. The molecule has 110 valence electrons. The second kappa shape index (κ2) is 7.74. The lowest BCUT2D eigenvalue weighted by Crippen LogP contribution is -2.38. The van der Waals surface area contributed by atoms with Gasteiger partial charge in [-0.1, -0.05) is 15.9 Å². The number of carboxylic acid groups (broad SMARTS) is 1. The Morgan fingerprint density at radius 3 is 2.75 bits per heavy atom. The lowest BCUT2D eigenvalue weighted by molar-refractivity contribution is -0.137. The maximum Gasteiger partial charge on any atom is 0.317 e. The minimum atomic E-state index is -0.932. The Morgan fingerprint density at radius 1 is 1.45 bits per heavy atom. The molecule has 0 atom stereocenters. The molecule has 0 heterocycles. The number of hydrogen-bond acceptors (Lipinski definition) is 3. The Morgan fingerprint density at radius 2 is 2.15 bits per heavy atom. The predicted molar refractivity (Wildman–Crippen MR) is 77.8 cm³/mol. The minimum Gasteiger partial charge on any atom is -0.496 e. The number of carboxylic acids is 1. The molecule has 2 N–H and O–H groups in total. The first-order chi connectivity index (χ1) is 9.43. The van der Waals surface area contributed by atoms with E-state index >= 15 is 0 Å². The van der Waals surface area contributed by atoms with Crippen LogP contribution in [0.3, 0.4) is 0 Å². The summed E-state index contributed by atoms with van der Waals surface area (Å²) in [4.78, 5) is 23.6. The number of rotatable bonds is 6. The van der Waals surface area contributed by atoms with E-state index in [4.69, 9.17) is 9.84 Å². The van der Waals surface area contributed by atoms with E-state index in [2.05, 4.69) is 21.2 Å². The van der Waals surface area contributed by atoms with Gasteiger partial charge in [0.25, 0.3) is 0 Å². The average Bonchev–Trinajstić information content (AvgIpc) is 2.42. The summed E-state index contributed by atoms with van der Waals surface area (Å²) < 4.78 is 6.10. The molecule has 1 aromatic rings. The molecule has 0 unspecified atom stereocenters. The topological polar surface area (TPSA) is 78.9 Å². The summed E-state index contributed by atoms with van der Waals surface area (Å²) in [6.07, 6.45) is -0.0792. The first-order valence-electron chi connectivity index (χ1n) is 5.97. The van der Waals surface area contributed by atoms with Crippen LogP contribution in [0.5, 0.6) is 5.75 Å². The molecule has 0 spiro atoms. The molecule has 0 aromatic heterocycles. The summed E-state index contributed by atoms with van der Waals surface area (Å²) >= 11 is 3.36. The number of carbonyl (C=O) groups is 2. The Hall–Kier alpha value is -1.76. The highest BCUT2D eigenvalue weighted by atomic mass is 79.9. The second-order valence-corrected chi connectivity index (χ2v) is 5.10. The van der Waals surface area contributed by atoms with Crippen LogP contribution in [0.1, 0.15) is 12.0 Å². The van der Waals surface area contributed by atoms with Crippen LogP contribution in [0.2, 0.25) is 0 Å². The number of carbonyl (C=O) groups excluding carboxylic acids is 1. The van der Waals surface area contributed by atoms with Gasteiger partial charge < -0.3 is 20.1 Å². The van der Waals surface area contributed by atoms with Gasteiger partial charge in [0, 0.05) is 30.2 Å². The second-order valence-electron chi connectivity index (χ2n) is 4.18. The van der Waals surface area contributed by atoms with Crippen LogP contribution in [0.25, 0.3) is 0 Å². The van der Waals surface area contributed by atoms with Crippen LogP contribution in [0.15, 0.2) is 22.7 Å². The van der Waals surface area contributed by atoms with Crippen molar-refractivity contribution in [1.29, 1.82) is 0 Å². The molecular weight excluding hydrogens is 328 g/mol. The van der Waals surface area contributed by atoms with Crippen molar-refractivity contribution in [3.63, 3.8) is 0 Å². The van der Waals surface area contributed by atoms with Crippen LogP contribution in [-0.4, -0.2) is 42.7 Å². The molecule has 0 aliphatic rings. The van der Waals surface area contributed by atoms with Gasteiger partial charge in [-0.05, 0) is 18.2 Å². The van der Waals surface area contributed by atoms with E-state index < -0.39 is 5.97 Å². The van der Waals surface area contributed by atoms with E-state index in [-0.39, 0.29) is 19.0 Å². The Labute approximate surface area is 125 Å². The Balaban J connectivity index is 2.56. The van der Waals surface area contributed by atoms with Crippen LogP contribution in [-0.2, 0) is 11.3 Å². The number of aliphatic carboxylic acids is 1. The summed E-state index contributed by atoms with van der Waals surface area (Å²) in [6.45, 7) is 0.468. The van der Waals surface area contributed by atoms with E-state index in [1.54, 1.807) is 20.2 Å². The molecule has 1 rings (SSSR count). The molecule has 20 heavy (non-hydrogen) atoms. The van der Waals surface area contributed by atoms with Gasteiger partial charge >= 0.3 is 12.0 Å². The van der Waals surface area contributed by atoms with E-state index in [1.165, 1.54) is 4.90 Å². The number of nitrogens with zero attached hydrogens (tertiary/aromatic N) is 1. The Bertz CT molecular complexity index is 493. The van der Waals surface area contributed by atoms with E-state index in [1.807, 2.05) is 12.1 Å².